The highest BCUT2D eigenvalue weighted by Gasteiger charge is 2.54. The summed E-state index contributed by atoms with van der Waals surface area (Å²) in [7, 11) is 0. The summed E-state index contributed by atoms with van der Waals surface area (Å²) in [6.45, 7) is 9.58. The molecule has 3 aliphatic carbocycles. The second-order valence-corrected chi connectivity index (χ2v) is 9.83. The van der Waals surface area contributed by atoms with Crippen LogP contribution in [0.5, 0.6) is 5.75 Å². The Kier molecular flexibility index (Phi) is 5.09. The molecule has 2 fully saturated rings. The topological polar surface area (TPSA) is 9.23 Å². The number of hydrogen-bond acceptors (Lipinski definition) is 1. The van der Waals surface area contributed by atoms with E-state index in [0.717, 1.165) is 23.5 Å². The number of rotatable bonds is 4. The van der Waals surface area contributed by atoms with E-state index in [9.17, 15) is 0 Å². The molecule has 2 aromatic carbocycles. The van der Waals surface area contributed by atoms with Crippen molar-refractivity contribution in [3.05, 3.63) is 89.5 Å². The van der Waals surface area contributed by atoms with Crippen LogP contribution < -0.4 is 4.74 Å². The summed E-state index contributed by atoms with van der Waals surface area (Å²) in [5.41, 5.74) is 6.39. The quantitative estimate of drug-likeness (QED) is 0.485. The average Bonchev–Trinajstić information content (AvgIpc) is 3.09. The molecule has 1 heteroatoms. The molecule has 0 aliphatic heterocycles. The van der Waals surface area contributed by atoms with Gasteiger partial charge in [-0.1, -0.05) is 61.0 Å². The third kappa shape index (κ3) is 3.14. The van der Waals surface area contributed by atoms with Crippen LogP contribution in [-0.4, -0.2) is 0 Å². The van der Waals surface area contributed by atoms with E-state index < -0.39 is 0 Å². The standard InChI is InChI=1S/C29H34O/c1-4-21-18-28-26-13-11-22-17-23(30-19-20-9-7-6-8-10-20)12-14-24(22)25(26)15-16-29(28,3)27(21)5-2/h4-10,12,14,17,21,25-26,28H,1,11,13,15-16,18-19H2,2-3H3/b27-5+/t21-,25-,26-,28+,29-/m1/s1. The normalized spacial score (nSPS) is 33.5. The van der Waals surface area contributed by atoms with Gasteiger partial charge in [0, 0.05) is 0 Å². The van der Waals surface area contributed by atoms with Crippen LogP contribution in [0.2, 0.25) is 0 Å². The van der Waals surface area contributed by atoms with Crippen LogP contribution in [0.4, 0.5) is 0 Å². The SMILES string of the molecule is C=C[C@@H]1C[C@H]2[C@@H]3CCc4cc(OCc5ccccc5)ccc4[C@H]3CC[C@]2(C)/C1=C/C. The number of allylic oxidation sites excluding steroid dienone is 3. The van der Waals surface area contributed by atoms with Gasteiger partial charge in [0.1, 0.15) is 12.4 Å². The van der Waals surface area contributed by atoms with Gasteiger partial charge in [-0.25, -0.2) is 0 Å². The van der Waals surface area contributed by atoms with Gasteiger partial charge in [-0.3, -0.25) is 0 Å². The Labute approximate surface area is 181 Å². The molecule has 0 amide bonds. The number of fused-ring (bicyclic) bond motifs is 5. The van der Waals surface area contributed by atoms with Gasteiger partial charge in [0.05, 0.1) is 0 Å². The van der Waals surface area contributed by atoms with E-state index in [-0.39, 0.29) is 0 Å². The zero-order chi connectivity index (χ0) is 20.7. The van der Waals surface area contributed by atoms with Crippen molar-refractivity contribution >= 4 is 0 Å². The number of ether oxygens (including phenoxy) is 1. The Balaban J connectivity index is 1.36. The smallest absolute Gasteiger partial charge is 0.120 e. The molecule has 0 unspecified atom stereocenters. The summed E-state index contributed by atoms with van der Waals surface area (Å²) in [5.74, 6) is 3.93. The fraction of sp³-hybridized carbons (Fsp3) is 0.448. The van der Waals surface area contributed by atoms with Gasteiger partial charge in [-0.05, 0) is 96.9 Å². The molecule has 1 nitrogen and oxygen atoms in total. The minimum absolute atomic E-state index is 0.380. The van der Waals surface area contributed by atoms with Crippen molar-refractivity contribution in [2.75, 3.05) is 0 Å². The van der Waals surface area contributed by atoms with Crippen LogP contribution in [-0.2, 0) is 13.0 Å². The monoisotopic (exact) mass is 398 g/mol. The minimum atomic E-state index is 0.380. The summed E-state index contributed by atoms with van der Waals surface area (Å²) >= 11 is 0. The highest BCUT2D eigenvalue weighted by molar-refractivity contribution is 5.42. The lowest BCUT2D eigenvalue weighted by atomic mass is 9.55. The molecule has 30 heavy (non-hydrogen) atoms. The predicted octanol–water partition coefficient (Wildman–Crippen LogP) is 7.48. The van der Waals surface area contributed by atoms with Crippen LogP contribution in [0.1, 0.15) is 62.1 Å². The molecule has 0 N–H and O–H groups in total. The molecule has 2 saturated carbocycles. The molecule has 3 aliphatic rings. The molecule has 0 radical (unpaired) electrons. The van der Waals surface area contributed by atoms with Gasteiger partial charge in [0.2, 0.25) is 0 Å². The van der Waals surface area contributed by atoms with Crippen LogP contribution in [0.3, 0.4) is 0 Å². The maximum atomic E-state index is 6.12. The summed E-state index contributed by atoms with van der Waals surface area (Å²) in [4.78, 5) is 0. The van der Waals surface area contributed by atoms with Gasteiger partial charge in [-0.2, -0.15) is 0 Å². The lowest BCUT2D eigenvalue weighted by molar-refractivity contribution is 0.0808. The van der Waals surface area contributed by atoms with Gasteiger partial charge in [0.25, 0.3) is 0 Å². The van der Waals surface area contributed by atoms with Crippen molar-refractivity contribution in [2.45, 2.75) is 58.5 Å². The van der Waals surface area contributed by atoms with Gasteiger partial charge in [0.15, 0.2) is 0 Å². The lowest BCUT2D eigenvalue weighted by Gasteiger charge is -2.49. The number of aryl methyl sites for hydroxylation is 1. The highest BCUT2D eigenvalue weighted by Crippen LogP contribution is 2.64. The first-order chi connectivity index (χ1) is 14.6. The highest BCUT2D eigenvalue weighted by atomic mass is 16.5. The number of hydrogen-bond donors (Lipinski definition) is 0. The second-order valence-electron chi connectivity index (χ2n) is 9.83. The molecule has 0 aromatic heterocycles. The Morgan fingerprint density at radius 2 is 1.97 bits per heavy atom. The summed E-state index contributed by atoms with van der Waals surface area (Å²) in [6, 6.07) is 17.3. The van der Waals surface area contributed by atoms with Gasteiger partial charge >= 0.3 is 0 Å². The van der Waals surface area contributed by atoms with Gasteiger partial charge < -0.3 is 4.74 Å². The van der Waals surface area contributed by atoms with E-state index in [1.807, 2.05) is 0 Å². The molecule has 0 saturated heterocycles. The summed E-state index contributed by atoms with van der Waals surface area (Å²) in [5, 5.41) is 0. The molecule has 5 rings (SSSR count). The van der Waals surface area contributed by atoms with Crippen molar-refractivity contribution in [1.29, 1.82) is 0 Å². The largest absolute Gasteiger partial charge is 0.489 e. The van der Waals surface area contributed by atoms with Crippen LogP contribution in [0, 0.1) is 23.2 Å². The zero-order valence-electron chi connectivity index (χ0n) is 18.4. The van der Waals surface area contributed by atoms with Gasteiger partial charge in [-0.15, -0.1) is 6.58 Å². The average molecular weight is 399 g/mol. The molecular weight excluding hydrogens is 364 g/mol. The van der Waals surface area contributed by atoms with Crippen LogP contribution >= 0.6 is 0 Å². The summed E-state index contributed by atoms with van der Waals surface area (Å²) in [6.07, 6.45) is 11.1. The zero-order valence-corrected chi connectivity index (χ0v) is 18.4. The maximum Gasteiger partial charge on any atom is 0.120 e. The lowest BCUT2D eigenvalue weighted by Crippen LogP contribution is -2.40. The molecular formula is C29H34O. The van der Waals surface area contributed by atoms with Crippen molar-refractivity contribution in [2.24, 2.45) is 23.2 Å². The fourth-order valence-corrected chi connectivity index (χ4v) is 7.09. The summed E-state index contributed by atoms with van der Waals surface area (Å²) < 4.78 is 6.12. The van der Waals surface area contributed by atoms with E-state index in [1.165, 1.54) is 43.2 Å². The predicted molar refractivity (Wildman–Crippen MR) is 125 cm³/mol. The van der Waals surface area contributed by atoms with E-state index in [0.29, 0.717) is 17.9 Å². The van der Waals surface area contributed by atoms with Crippen molar-refractivity contribution in [1.82, 2.24) is 0 Å². The molecule has 2 aromatic rings. The maximum absolute atomic E-state index is 6.12. The molecule has 0 heterocycles. The van der Waals surface area contributed by atoms with E-state index in [4.69, 9.17) is 4.74 Å². The number of benzene rings is 2. The van der Waals surface area contributed by atoms with E-state index in [1.54, 1.807) is 11.1 Å². The van der Waals surface area contributed by atoms with Crippen LogP contribution in [0.25, 0.3) is 0 Å². The van der Waals surface area contributed by atoms with Crippen molar-refractivity contribution in [3.63, 3.8) is 0 Å². The fourth-order valence-electron chi connectivity index (χ4n) is 7.09. The molecule has 156 valence electrons. The molecule has 0 bridgehead atoms. The first kappa shape index (κ1) is 19.7. The molecule has 0 spiro atoms. The first-order valence-electron chi connectivity index (χ1n) is 11.7. The minimum Gasteiger partial charge on any atom is -0.489 e. The Bertz CT molecular complexity index is 956. The Morgan fingerprint density at radius 3 is 2.73 bits per heavy atom. The van der Waals surface area contributed by atoms with E-state index >= 15 is 0 Å². The third-order valence-corrected chi connectivity index (χ3v) is 8.50. The van der Waals surface area contributed by atoms with Crippen molar-refractivity contribution < 1.29 is 4.74 Å². The second kappa shape index (κ2) is 7.76. The Hall–Kier alpha value is -2.28. The van der Waals surface area contributed by atoms with Crippen molar-refractivity contribution in [3.8, 4) is 5.75 Å². The van der Waals surface area contributed by atoms with E-state index in [2.05, 4.69) is 81.1 Å². The Morgan fingerprint density at radius 1 is 1.13 bits per heavy atom. The molecule has 5 atom stereocenters. The first-order valence-corrected chi connectivity index (χ1v) is 11.7. The van der Waals surface area contributed by atoms with Crippen LogP contribution in [0.15, 0.2) is 72.8 Å². The third-order valence-electron chi connectivity index (χ3n) is 8.50.